The lowest BCUT2D eigenvalue weighted by Gasteiger charge is -2.28. The molecule has 0 heterocycles. The van der Waals surface area contributed by atoms with Crippen molar-refractivity contribution in [1.29, 1.82) is 0 Å². The molecule has 3 aromatic carbocycles. The first-order valence-corrected chi connectivity index (χ1v) is 11.1. The van der Waals surface area contributed by atoms with Crippen LogP contribution in [0, 0.1) is 10.1 Å². The quantitative estimate of drug-likeness (QED) is 0.168. The van der Waals surface area contributed by atoms with E-state index < -0.39 is 32.7 Å². The fourth-order valence-electron chi connectivity index (χ4n) is 3.21. The molecule has 3 aromatic rings. The van der Waals surface area contributed by atoms with E-state index >= 15 is 0 Å². The smallest absolute Gasteiger partial charge is 0.320 e. The van der Waals surface area contributed by atoms with Gasteiger partial charge in [0.25, 0.3) is 5.69 Å². The Hall–Kier alpha value is -3.33. The number of halogens is 3. The molecule has 1 atom stereocenters. The van der Waals surface area contributed by atoms with Crippen LogP contribution in [0.15, 0.2) is 84.9 Å². The minimum absolute atomic E-state index is 0.146. The van der Waals surface area contributed by atoms with Crippen LogP contribution in [-0.4, -0.2) is 26.8 Å². The molecule has 11 heteroatoms. The molecule has 0 spiro atoms. The van der Waals surface area contributed by atoms with E-state index in [4.69, 9.17) is 34.8 Å². The highest BCUT2D eigenvalue weighted by Gasteiger charge is 2.37. The van der Waals surface area contributed by atoms with Gasteiger partial charge in [-0.1, -0.05) is 102 Å². The zero-order valence-electron chi connectivity index (χ0n) is 17.5. The molecule has 34 heavy (non-hydrogen) atoms. The Morgan fingerprint density at radius 2 is 1.38 bits per heavy atom. The molecule has 0 saturated heterocycles. The Kier molecular flexibility index (Phi) is 8.33. The Bertz CT molecular complexity index is 1120. The van der Waals surface area contributed by atoms with Crippen molar-refractivity contribution >= 4 is 58.1 Å². The Morgan fingerprint density at radius 1 is 0.824 bits per heavy atom. The van der Waals surface area contributed by atoms with Gasteiger partial charge in [-0.25, -0.2) is 4.79 Å². The van der Waals surface area contributed by atoms with Crippen molar-refractivity contribution in [3.8, 4) is 0 Å². The molecule has 3 N–H and O–H groups in total. The molecule has 0 aliphatic heterocycles. The molecule has 3 amide bonds. The van der Waals surface area contributed by atoms with E-state index in [1.54, 1.807) is 48.5 Å². The number of amides is 3. The predicted octanol–water partition coefficient (Wildman–Crippen LogP) is 5.36. The molecular formula is C23H19Cl3N4O4. The fourth-order valence-corrected chi connectivity index (χ4v) is 3.53. The molecule has 1 unspecified atom stereocenters. The number of nitrogens with zero attached hydrogens (tertiary/aromatic N) is 1. The van der Waals surface area contributed by atoms with Crippen LogP contribution < -0.4 is 16.0 Å². The third-order valence-corrected chi connectivity index (χ3v) is 5.39. The zero-order chi connectivity index (χ0) is 24.7. The van der Waals surface area contributed by atoms with Crippen LogP contribution in [0.5, 0.6) is 0 Å². The van der Waals surface area contributed by atoms with E-state index in [2.05, 4.69) is 16.0 Å². The van der Waals surface area contributed by atoms with Crippen LogP contribution in [0.3, 0.4) is 0 Å². The average molecular weight is 522 g/mol. The summed E-state index contributed by atoms with van der Waals surface area (Å²) in [5.74, 6) is -1.25. The maximum atomic E-state index is 13.3. The Labute approximate surface area is 210 Å². The highest BCUT2D eigenvalue weighted by Crippen LogP contribution is 2.31. The van der Waals surface area contributed by atoms with E-state index in [0.717, 1.165) is 0 Å². The van der Waals surface area contributed by atoms with E-state index in [1.165, 1.54) is 24.3 Å². The summed E-state index contributed by atoms with van der Waals surface area (Å²) < 4.78 is -2.10. The van der Waals surface area contributed by atoms with Gasteiger partial charge < -0.3 is 16.0 Å². The number of nitro groups is 1. The predicted molar refractivity (Wildman–Crippen MR) is 132 cm³/mol. The summed E-state index contributed by atoms with van der Waals surface area (Å²) in [6.07, 6.45) is -1.42. The van der Waals surface area contributed by atoms with Crippen molar-refractivity contribution in [2.24, 2.45) is 0 Å². The summed E-state index contributed by atoms with van der Waals surface area (Å²) in [6, 6.07) is 22.5. The lowest BCUT2D eigenvalue weighted by molar-refractivity contribution is -0.384. The second-order valence-electron chi connectivity index (χ2n) is 7.14. The van der Waals surface area contributed by atoms with Gasteiger partial charge in [0.05, 0.1) is 10.8 Å². The van der Waals surface area contributed by atoms with Gasteiger partial charge in [-0.15, -0.1) is 0 Å². The number of carbonyl (C=O) groups is 2. The van der Waals surface area contributed by atoms with Gasteiger partial charge in [-0.2, -0.15) is 0 Å². The van der Waals surface area contributed by atoms with Crippen LogP contribution in [0.1, 0.15) is 17.0 Å². The molecule has 0 fully saturated rings. The molecule has 0 aliphatic carbocycles. The molecule has 176 valence electrons. The van der Waals surface area contributed by atoms with Gasteiger partial charge >= 0.3 is 6.03 Å². The standard InChI is InChI=1S/C23H19Cl3N4O4/c24-23(25,26)21(29-22(32)27-17-12-7-13-18(14-17)30(33)34)28-20(31)19(15-8-3-1-4-9-15)16-10-5-2-6-11-16/h1-14,19,21H,(H,28,31)(H2,27,29,32). The van der Waals surface area contributed by atoms with Gasteiger partial charge in [-0.3, -0.25) is 14.9 Å². The van der Waals surface area contributed by atoms with Gasteiger partial charge in [0.15, 0.2) is 6.17 Å². The lowest BCUT2D eigenvalue weighted by Crippen LogP contribution is -2.57. The van der Waals surface area contributed by atoms with Crippen LogP contribution in [0.4, 0.5) is 16.2 Å². The molecule has 0 saturated carbocycles. The second-order valence-corrected chi connectivity index (χ2v) is 9.51. The van der Waals surface area contributed by atoms with Crippen molar-refractivity contribution < 1.29 is 14.5 Å². The number of anilines is 1. The van der Waals surface area contributed by atoms with Crippen molar-refractivity contribution in [2.45, 2.75) is 15.9 Å². The first-order valence-electron chi connectivity index (χ1n) is 9.94. The second kappa shape index (κ2) is 11.2. The number of urea groups is 1. The highest BCUT2D eigenvalue weighted by molar-refractivity contribution is 6.68. The van der Waals surface area contributed by atoms with Crippen LogP contribution >= 0.6 is 34.8 Å². The van der Waals surface area contributed by atoms with Crippen molar-refractivity contribution in [3.63, 3.8) is 0 Å². The van der Waals surface area contributed by atoms with E-state index in [0.29, 0.717) is 11.1 Å². The number of nitrogens with one attached hydrogen (secondary N) is 3. The van der Waals surface area contributed by atoms with Gasteiger partial charge in [0.1, 0.15) is 0 Å². The Morgan fingerprint density at radius 3 is 1.88 bits per heavy atom. The van der Waals surface area contributed by atoms with Crippen molar-refractivity contribution in [2.75, 3.05) is 5.32 Å². The third-order valence-electron chi connectivity index (χ3n) is 4.73. The number of carbonyl (C=O) groups excluding carboxylic acids is 2. The van der Waals surface area contributed by atoms with E-state index in [9.17, 15) is 19.7 Å². The number of hydrogen-bond donors (Lipinski definition) is 3. The first-order chi connectivity index (χ1) is 16.1. The number of non-ortho nitro benzene ring substituents is 1. The molecule has 0 aromatic heterocycles. The summed E-state index contributed by atoms with van der Waals surface area (Å²) in [5.41, 5.74) is 1.34. The average Bonchev–Trinajstić information content (AvgIpc) is 2.80. The summed E-state index contributed by atoms with van der Waals surface area (Å²) in [7, 11) is 0. The van der Waals surface area contributed by atoms with Gasteiger partial charge in [0.2, 0.25) is 9.70 Å². The lowest BCUT2D eigenvalue weighted by atomic mass is 9.90. The van der Waals surface area contributed by atoms with Crippen molar-refractivity contribution in [1.82, 2.24) is 10.6 Å². The van der Waals surface area contributed by atoms with Crippen molar-refractivity contribution in [3.05, 3.63) is 106 Å². The Balaban J connectivity index is 1.79. The summed E-state index contributed by atoms with van der Waals surface area (Å²) >= 11 is 18.1. The van der Waals surface area contributed by atoms with E-state index in [-0.39, 0.29) is 11.4 Å². The third kappa shape index (κ3) is 6.84. The molecular weight excluding hydrogens is 503 g/mol. The summed E-state index contributed by atoms with van der Waals surface area (Å²) in [6.45, 7) is 0. The number of alkyl halides is 3. The summed E-state index contributed by atoms with van der Waals surface area (Å²) in [4.78, 5) is 36.2. The first kappa shape index (κ1) is 25.3. The summed E-state index contributed by atoms with van der Waals surface area (Å²) in [5, 5.41) is 18.3. The maximum absolute atomic E-state index is 13.3. The fraction of sp³-hybridized carbons (Fsp3) is 0.130. The zero-order valence-corrected chi connectivity index (χ0v) is 19.7. The molecule has 0 bridgehead atoms. The number of hydrogen-bond acceptors (Lipinski definition) is 4. The molecule has 0 radical (unpaired) electrons. The van der Waals surface area contributed by atoms with Crippen LogP contribution in [0.2, 0.25) is 0 Å². The SMILES string of the molecule is O=C(Nc1cccc([N+](=O)[O-])c1)NC(NC(=O)C(c1ccccc1)c1ccccc1)C(Cl)(Cl)Cl. The monoisotopic (exact) mass is 520 g/mol. The van der Waals surface area contributed by atoms with Crippen LogP contribution in [-0.2, 0) is 4.79 Å². The number of benzene rings is 3. The van der Waals surface area contributed by atoms with Gasteiger partial charge in [0, 0.05) is 17.8 Å². The number of rotatable bonds is 7. The molecule has 8 nitrogen and oxygen atoms in total. The van der Waals surface area contributed by atoms with Gasteiger partial charge in [-0.05, 0) is 17.2 Å². The normalized spacial score (nSPS) is 12.0. The minimum atomic E-state index is -2.10. The maximum Gasteiger partial charge on any atom is 0.320 e. The minimum Gasteiger partial charge on any atom is -0.331 e. The topological polar surface area (TPSA) is 113 Å². The van der Waals surface area contributed by atoms with E-state index in [1.807, 2.05) is 12.1 Å². The van der Waals surface area contributed by atoms with Crippen LogP contribution in [0.25, 0.3) is 0 Å². The molecule has 0 aliphatic rings. The molecule has 3 rings (SSSR count). The largest absolute Gasteiger partial charge is 0.331 e. The number of nitro benzene ring substituents is 1. The highest BCUT2D eigenvalue weighted by atomic mass is 35.6.